The van der Waals surface area contributed by atoms with Gasteiger partial charge < -0.3 is 4.74 Å². The standard InChI is InChI=1S/C19H16ClN3O7S2/c1-30-18-10-9-16(23(24)25)12-19(18)32(28,29)22-15-3-2-4-17(11-15)31(26,27)21-14-7-5-13(20)6-8-14/h2-12,21-22H,1H3. The largest absolute Gasteiger partial charge is 0.495 e. The predicted molar refractivity (Wildman–Crippen MR) is 119 cm³/mol. The van der Waals surface area contributed by atoms with E-state index in [9.17, 15) is 26.9 Å². The maximum Gasteiger partial charge on any atom is 0.271 e. The molecule has 10 nitrogen and oxygen atoms in total. The molecule has 168 valence electrons. The van der Waals surface area contributed by atoms with Crippen molar-refractivity contribution in [2.75, 3.05) is 16.6 Å². The molecule has 0 radical (unpaired) electrons. The van der Waals surface area contributed by atoms with Crippen LogP contribution in [-0.2, 0) is 20.0 Å². The molecule has 3 rings (SSSR count). The Morgan fingerprint density at radius 3 is 2.16 bits per heavy atom. The first-order valence-corrected chi connectivity index (χ1v) is 12.1. The van der Waals surface area contributed by atoms with Gasteiger partial charge >= 0.3 is 0 Å². The van der Waals surface area contributed by atoms with Crippen LogP contribution in [0.2, 0.25) is 5.02 Å². The molecule has 0 fully saturated rings. The third kappa shape index (κ3) is 5.28. The number of sulfonamides is 2. The van der Waals surface area contributed by atoms with Crippen molar-refractivity contribution in [2.24, 2.45) is 0 Å². The number of halogens is 1. The lowest BCUT2D eigenvalue weighted by Gasteiger charge is -2.13. The molecule has 0 unspecified atom stereocenters. The highest BCUT2D eigenvalue weighted by molar-refractivity contribution is 7.93. The van der Waals surface area contributed by atoms with Crippen molar-refractivity contribution in [1.29, 1.82) is 0 Å². The Morgan fingerprint density at radius 2 is 1.53 bits per heavy atom. The van der Waals surface area contributed by atoms with Gasteiger partial charge in [-0.2, -0.15) is 0 Å². The third-order valence-corrected chi connectivity index (χ3v) is 7.17. The zero-order chi connectivity index (χ0) is 23.5. The summed E-state index contributed by atoms with van der Waals surface area (Å²) >= 11 is 5.79. The summed E-state index contributed by atoms with van der Waals surface area (Å²) in [5.41, 5.74) is -0.256. The summed E-state index contributed by atoms with van der Waals surface area (Å²) in [5, 5.41) is 11.5. The fourth-order valence-electron chi connectivity index (χ4n) is 2.66. The second-order valence-electron chi connectivity index (χ2n) is 6.34. The Bertz CT molecular complexity index is 1380. The van der Waals surface area contributed by atoms with Crippen molar-refractivity contribution in [2.45, 2.75) is 9.79 Å². The van der Waals surface area contributed by atoms with E-state index in [1.165, 1.54) is 49.6 Å². The molecule has 0 amide bonds. The number of nitro groups is 1. The van der Waals surface area contributed by atoms with Gasteiger partial charge in [-0.25, -0.2) is 16.8 Å². The molecule has 2 N–H and O–H groups in total. The zero-order valence-corrected chi connectivity index (χ0v) is 18.7. The first-order chi connectivity index (χ1) is 15.0. The monoisotopic (exact) mass is 497 g/mol. The molecule has 0 aliphatic heterocycles. The second-order valence-corrected chi connectivity index (χ2v) is 10.1. The van der Waals surface area contributed by atoms with E-state index >= 15 is 0 Å². The van der Waals surface area contributed by atoms with Crippen LogP contribution in [0.15, 0.2) is 76.5 Å². The Labute approximate surface area is 189 Å². The lowest BCUT2D eigenvalue weighted by molar-refractivity contribution is -0.385. The Kier molecular flexibility index (Phi) is 6.57. The van der Waals surface area contributed by atoms with E-state index in [1.54, 1.807) is 0 Å². The maximum atomic E-state index is 12.8. The minimum absolute atomic E-state index is 0.0717. The lowest BCUT2D eigenvalue weighted by Crippen LogP contribution is -2.16. The predicted octanol–water partition coefficient (Wildman–Crippen LogP) is 3.86. The number of anilines is 2. The average molecular weight is 498 g/mol. The minimum atomic E-state index is -4.35. The van der Waals surface area contributed by atoms with Crippen molar-refractivity contribution < 1.29 is 26.5 Å². The molecule has 0 aliphatic rings. The van der Waals surface area contributed by atoms with Gasteiger partial charge in [0.2, 0.25) is 0 Å². The van der Waals surface area contributed by atoms with Crippen LogP contribution in [0.4, 0.5) is 17.1 Å². The van der Waals surface area contributed by atoms with Gasteiger partial charge in [-0.1, -0.05) is 17.7 Å². The molecule has 0 aliphatic carbocycles. The highest BCUT2D eigenvalue weighted by Gasteiger charge is 2.24. The molecule has 32 heavy (non-hydrogen) atoms. The van der Waals surface area contributed by atoms with Crippen LogP contribution < -0.4 is 14.2 Å². The van der Waals surface area contributed by atoms with Gasteiger partial charge in [0, 0.05) is 22.8 Å². The first-order valence-electron chi connectivity index (χ1n) is 8.75. The molecule has 0 saturated carbocycles. The molecule has 0 saturated heterocycles. The molecule has 0 spiro atoms. The number of nitro benzene ring substituents is 1. The highest BCUT2D eigenvalue weighted by atomic mass is 35.5. The van der Waals surface area contributed by atoms with Crippen LogP contribution in [0.5, 0.6) is 5.75 Å². The Morgan fingerprint density at radius 1 is 0.875 bits per heavy atom. The summed E-state index contributed by atoms with van der Waals surface area (Å²) in [6.45, 7) is 0. The molecular weight excluding hydrogens is 482 g/mol. The molecule has 0 aromatic heterocycles. The molecule has 3 aromatic carbocycles. The van der Waals surface area contributed by atoms with E-state index in [-0.39, 0.29) is 22.0 Å². The number of rotatable bonds is 8. The SMILES string of the molecule is COc1ccc([N+](=O)[O-])cc1S(=O)(=O)Nc1cccc(S(=O)(=O)Nc2ccc(Cl)cc2)c1. The number of nitrogens with one attached hydrogen (secondary N) is 2. The zero-order valence-electron chi connectivity index (χ0n) is 16.4. The maximum absolute atomic E-state index is 12.8. The van der Waals surface area contributed by atoms with Crippen LogP contribution in [0.1, 0.15) is 0 Å². The number of benzene rings is 3. The topological polar surface area (TPSA) is 145 Å². The normalized spacial score (nSPS) is 11.6. The van der Waals surface area contributed by atoms with Gasteiger partial charge in [0.25, 0.3) is 25.7 Å². The van der Waals surface area contributed by atoms with Crippen molar-refractivity contribution in [3.63, 3.8) is 0 Å². The molecule has 0 atom stereocenters. The number of ether oxygens (including phenoxy) is 1. The summed E-state index contributed by atoms with van der Waals surface area (Å²) < 4.78 is 60.6. The van der Waals surface area contributed by atoms with E-state index in [0.29, 0.717) is 5.02 Å². The fourth-order valence-corrected chi connectivity index (χ4v) is 5.13. The van der Waals surface area contributed by atoms with E-state index in [0.717, 1.165) is 24.3 Å². The van der Waals surface area contributed by atoms with Crippen molar-refractivity contribution in [3.05, 3.63) is 81.9 Å². The van der Waals surface area contributed by atoms with Gasteiger partial charge in [-0.05, 0) is 48.5 Å². The Balaban J connectivity index is 1.92. The van der Waals surface area contributed by atoms with Crippen molar-refractivity contribution in [3.8, 4) is 5.75 Å². The van der Waals surface area contributed by atoms with Crippen LogP contribution in [0.3, 0.4) is 0 Å². The highest BCUT2D eigenvalue weighted by Crippen LogP contribution is 2.30. The number of hydrogen-bond donors (Lipinski definition) is 2. The summed E-state index contributed by atoms with van der Waals surface area (Å²) in [4.78, 5) is 9.61. The molecular formula is C19H16ClN3O7S2. The molecule has 0 heterocycles. The van der Waals surface area contributed by atoms with Gasteiger partial charge in [0.05, 0.1) is 22.6 Å². The number of non-ortho nitro benzene ring substituents is 1. The third-order valence-electron chi connectivity index (χ3n) is 4.14. The summed E-state index contributed by atoms with van der Waals surface area (Å²) in [7, 11) is -7.17. The van der Waals surface area contributed by atoms with Crippen LogP contribution in [0.25, 0.3) is 0 Å². The number of methoxy groups -OCH3 is 1. The van der Waals surface area contributed by atoms with Gasteiger partial charge in [-0.15, -0.1) is 0 Å². The lowest BCUT2D eigenvalue weighted by atomic mass is 10.3. The molecule has 3 aromatic rings. The quantitative estimate of drug-likeness (QED) is 0.355. The van der Waals surface area contributed by atoms with E-state index < -0.39 is 35.6 Å². The first kappa shape index (κ1) is 23.3. The van der Waals surface area contributed by atoms with Crippen molar-refractivity contribution >= 4 is 48.7 Å². The molecule has 13 heteroatoms. The number of nitrogens with zero attached hydrogens (tertiary/aromatic N) is 1. The van der Waals surface area contributed by atoms with Crippen LogP contribution in [0, 0.1) is 10.1 Å². The minimum Gasteiger partial charge on any atom is -0.495 e. The summed E-state index contributed by atoms with van der Waals surface area (Å²) in [6.07, 6.45) is 0. The van der Waals surface area contributed by atoms with E-state index in [1.807, 2.05) is 0 Å². The fraction of sp³-hybridized carbons (Fsp3) is 0.0526. The van der Waals surface area contributed by atoms with Crippen LogP contribution >= 0.6 is 11.6 Å². The van der Waals surface area contributed by atoms with Crippen LogP contribution in [-0.4, -0.2) is 28.9 Å². The Hall–Kier alpha value is -3.35. The van der Waals surface area contributed by atoms with Gasteiger partial charge in [0.15, 0.2) is 0 Å². The second kappa shape index (κ2) is 9.02. The molecule has 0 bridgehead atoms. The summed E-state index contributed by atoms with van der Waals surface area (Å²) in [6, 6.07) is 14.2. The van der Waals surface area contributed by atoms with Crippen molar-refractivity contribution in [1.82, 2.24) is 0 Å². The summed E-state index contributed by atoms with van der Waals surface area (Å²) in [5.74, 6) is -0.115. The van der Waals surface area contributed by atoms with E-state index in [4.69, 9.17) is 16.3 Å². The smallest absolute Gasteiger partial charge is 0.271 e. The van der Waals surface area contributed by atoms with Gasteiger partial charge in [-0.3, -0.25) is 19.6 Å². The van der Waals surface area contributed by atoms with Gasteiger partial charge in [0.1, 0.15) is 10.6 Å². The average Bonchev–Trinajstić information content (AvgIpc) is 2.74. The van der Waals surface area contributed by atoms with E-state index in [2.05, 4.69) is 9.44 Å². The number of hydrogen-bond acceptors (Lipinski definition) is 7.